The van der Waals surface area contributed by atoms with E-state index in [0.29, 0.717) is 11.6 Å². The Bertz CT molecular complexity index is 741. The lowest BCUT2D eigenvalue weighted by molar-refractivity contribution is -0.122. The highest BCUT2D eigenvalue weighted by Crippen LogP contribution is 2.46. The zero-order chi connectivity index (χ0) is 15.2. The molecule has 1 fully saturated rings. The SMILES string of the molecule is Cl.O=C1N(Cc2ccccc2Cl)c2ccccc2C12CCNC2. The van der Waals surface area contributed by atoms with Crippen LogP contribution in [0.4, 0.5) is 5.69 Å². The molecule has 1 atom stereocenters. The number of nitrogens with zero attached hydrogens (tertiary/aromatic N) is 1. The first-order chi connectivity index (χ1) is 10.7. The van der Waals surface area contributed by atoms with Gasteiger partial charge >= 0.3 is 0 Å². The summed E-state index contributed by atoms with van der Waals surface area (Å²) < 4.78 is 0. The van der Waals surface area contributed by atoms with Crippen LogP contribution in [0.15, 0.2) is 48.5 Å². The number of fused-ring (bicyclic) bond motifs is 2. The minimum Gasteiger partial charge on any atom is -0.315 e. The van der Waals surface area contributed by atoms with Crippen LogP contribution in [-0.4, -0.2) is 19.0 Å². The van der Waals surface area contributed by atoms with Gasteiger partial charge in [0.1, 0.15) is 0 Å². The first-order valence-electron chi connectivity index (χ1n) is 7.58. The minimum absolute atomic E-state index is 0. The van der Waals surface area contributed by atoms with E-state index in [2.05, 4.69) is 11.4 Å². The summed E-state index contributed by atoms with van der Waals surface area (Å²) in [4.78, 5) is 15.0. The van der Waals surface area contributed by atoms with Crippen molar-refractivity contribution in [2.24, 2.45) is 0 Å². The summed E-state index contributed by atoms with van der Waals surface area (Å²) in [6.45, 7) is 2.14. The number of halogens is 2. The van der Waals surface area contributed by atoms with E-state index in [9.17, 15) is 4.79 Å². The third kappa shape index (κ3) is 2.44. The van der Waals surface area contributed by atoms with Crippen LogP contribution in [0.1, 0.15) is 17.5 Å². The normalized spacial score (nSPS) is 22.3. The van der Waals surface area contributed by atoms with Gasteiger partial charge in [-0.25, -0.2) is 0 Å². The van der Waals surface area contributed by atoms with Gasteiger partial charge in [0.2, 0.25) is 5.91 Å². The molecule has 4 rings (SSSR count). The monoisotopic (exact) mass is 348 g/mol. The molecular formula is C18H18Cl2N2O. The fourth-order valence-electron chi connectivity index (χ4n) is 3.65. The molecule has 2 aliphatic rings. The highest BCUT2D eigenvalue weighted by Gasteiger charge is 2.52. The molecule has 1 unspecified atom stereocenters. The molecule has 1 amide bonds. The standard InChI is InChI=1S/C18H17ClN2O.ClH/c19-15-7-3-1-5-13(15)11-21-16-8-4-2-6-14(16)18(17(21)22)9-10-20-12-18;/h1-8,20H,9-12H2;1H. The Morgan fingerprint density at radius 2 is 1.87 bits per heavy atom. The number of anilines is 1. The zero-order valence-corrected chi connectivity index (χ0v) is 14.2. The second-order valence-electron chi connectivity index (χ2n) is 6.01. The molecule has 2 aromatic rings. The molecule has 3 nitrogen and oxygen atoms in total. The van der Waals surface area contributed by atoms with Crippen LogP contribution in [0.25, 0.3) is 0 Å². The van der Waals surface area contributed by atoms with Gasteiger partial charge in [-0.1, -0.05) is 48.0 Å². The van der Waals surface area contributed by atoms with Crippen molar-refractivity contribution < 1.29 is 4.79 Å². The molecule has 5 heteroatoms. The van der Waals surface area contributed by atoms with Crippen molar-refractivity contribution in [3.8, 4) is 0 Å². The van der Waals surface area contributed by atoms with Crippen LogP contribution in [0.5, 0.6) is 0 Å². The predicted molar refractivity (Wildman–Crippen MR) is 95.5 cm³/mol. The van der Waals surface area contributed by atoms with Crippen molar-refractivity contribution in [1.29, 1.82) is 0 Å². The zero-order valence-electron chi connectivity index (χ0n) is 12.6. The fourth-order valence-corrected chi connectivity index (χ4v) is 3.85. The maximum atomic E-state index is 13.1. The number of rotatable bonds is 2. The second-order valence-corrected chi connectivity index (χ2v) is 6.42. The average Bonchev–Trinajstić information content (AvgIpc) is 3.11. The van der Waals surface area contributed by atoms with Crippen LogP contribution in [0.3, 0.4) is 0 Å². The highest BCUT2D eigenvalue weighted by atomic mass is 35.5. The summed E-state index contributed by atoms with van der Waals surface area (Å²) in [6, 6.07) is 15.9. The predicted octanol–water partition coefficient (Wildman–Crippen LogP) is 3.54. The van der Waals surface area contributed by atoms with E-state index in [4.69, 9.17) is 11.6 Å². The van der Waals surface area contributed by atoms with E-state index in [-0.39, 0.29) is 18.3 Å². The fraction of sp³-hybridized carbons (Fsp3) is 0.278. The second kappa shape index (κ2) is 6.16. The lowest BCUT2D eigenvalue weighted by atomic mass is 9.81. The van der Waals surface area contributed by atoms with Gasteiger partial charge in [0.15, 0.2) is 0 Å². The van der Waals surface area contributed by atoms with Crippen molar-refractivity contribution in [1.82, 2.24) is 5.32 Å². The van der Waals surface area contributed by atoms with Gasteiger partial charge in [0.05, 0.1) is 12.0 Å². The van der Waals surface area contributed by atoms with Gasteiger partial charge in [-0.3, -0.25) is 4.79 Å². The number of carbonyl (C=O) groups is 1. The molecule has 23 heavy (non-hydrogen) atoms. The van der Waals surface area contributed by atoms with E-state index >= 15 is 0 Å². The van der Waals surface area contributed by atoms with Gasteiger partial charge in [-0.2, -0.15) is 0 Å². The van der Waals surface area contributed by atoms with Crippen LogP contribution < -0.4 is 10.2 Å². The Kier molecular flexibility index (Phi) is 4.37. The van der Waals surface area contributed by atoms with Crippen LogP contribution >= 0.6 is 24.0 Å². The van der Waals surface area contributed by atoms with E-state index in [1.54, 1.807) is 0 Å². The molecule has 120 valence electrons. The van der Waals surface area contributed by atoms with Crippen LogP contribution in [-0.2, 0) is 16.8 Å². The number of hydrogen-bond donors (Lipinski definition) is 1. The van der Waals surface area contributed by atoms with Crippen molar-refractivity contribution in [2.45, 2.75) is 18.4 Å². The molecule has 0 bridgehead atoms. The smallest absolute Gasteiger partial charge is 0.239 e. The average molecular weight is 349 g/mol. The van der Waals surface area contributed by atoms with E-state index in [0.717, 1.165) is 36.3 Å². The summed E-state index contributed by atoms with van der Waals surface area (Å²) in [7, 11) is 0. The lowest BCUT2D eigenvalue weighted by Gasteiger charge is -2.23. The van der Waals surface area contributed by atoms with E-state index < -0.39 is 5.41 Å². The molecule has 2 aromatic carbocycles. The molecule has 2 aliphatic heterocycles. The first kappa shape index (κ1) is 16.3. The van der Waals surface area contributed by atoms with Gasteiger partial charge in [-0.15, -0.1) is 12.4 Å². The van der Waals surface area contributed by atoms with Crippen LogP contribution in [0.2, 0.25) is 5.02 Å². The van der Waals surface area contributed by atoms with Crippen molar-refractivity contribution in [3.63, 3.8) is 0 Å². The molecule has 1 spiro atoms. The van der Waals surface area contributed by atoms with E-state index in [1.807, 2.05) is 47.4 Å². The Morgan fingerprint density at radius 1 is 1.13 bits per heavy atom. The van der Waals surface area contributed by atoms with E-state index in [1.165, 1.54) is 0 Å². The topological polar surface area (TPSA) is 32.3 Å². The summed E-state index contributed by atoms with van der Waals surface area (Å²) in [5.74, 6) is 0.193. The molecule has 2 heterocycles. The Labute approximate surface area is 147 Å². The molecule has 0 aliphatic carbocycles. The third-order valence-electron chi connectivity index (χ3n) is 4.81. The quantitative estimate of drug-likeness (QED) is 0.900. The molecule has 0 aromatic heterocycles. The number of para-hydroxylation sites is 1. The Hall–Kier alpha value is -1.55. The Morgan fingerprint density at radius 3 is 2.61 bits per heavy atom. The molecule has 0 radical (unpaired) electrons. The maximum Gasteiger partial charge on any atom is 0.239 e. The summed E-state index contributed by atoms with van der Waals surface area (Å²) in [6.07, 6.45) is 0.863. The minimum atomic E-state index is -0.391. The number of hydrogen-bond acceptors (Lipinski definition) is 2. The third-order valence-corrected chi connectivity index (χ3v) is 5.18. The summed E-state index contributed by atoms with van der Waals surface area (Å²) >= 11 is 6.28. The molecule has 1 N–H and O–H groups in total. The molecular weight excluding hydrogens is 331 g/mol. The van der Waals surface area contributed by atoms with Gasteiger partial charge in [-0.05, 0) is 36.2 Å². The van der Waals surface area contributed by atoms with Crippen molar-refractivity contribution in [2.75, 3.05) is 18.0 Å². The largest absolute Gasteiger partial charge is 0.315 e. The number of amides is 1. The van der Waals surface area contributed by atoms with Gasteiger partial charge < -0.3 is 10.2 Å². The van der Waals surface area contributed by atoms with Crippen molar-refractivity contribution >= 4 is 35.6 Å². The van der Waals surface area contributed by atoms with Crippen molar-refractivity contribution in [3.05, 3.63) is 64.7 Å². The first-order valence-corrected chi connectivity index (χ1v) is 7.96. The number of benzene rings is 2. The number of nitrogens with one attached hydrogen (secondary N) is 1. The summed E-state index contributed by atoms with van der Waals surface area (Å²) in [5, 5.41) is 4.06. The Balaban J connectivity index is 0.00000156. The van der Waals surface area contributed by atoms with Gasteiger partial charge in [0.25, 0.3) is 0 Å². The number of carbonyl (C=O) groups excluding carboxylic acids is 1. The van der Waals surface area contributed by atoms with Gasteiger partial charge in [0, 0.05) is 17.3 Å². The van der Waals surface area contributed by atoms with Crippen LogP contribution in [0, 0.1) is 0 Å². The molecule has 0 saturated carbocycles. The maximum absolute atomic E-state index is 13.1. The highest BCUT2D eigenvalue weighted by molar-refractivity contribution is 6.31. The summed E-state index contributed by atoms with van der Waals surface area (Å²) in [5.41, 5.74) is 2.76. The lowest BCUT2D eigenvalue weighted by Crippen LogP contribution is -2.41. The molecule has 1 saturated heterocycles.